The summed E-state index contributed by atoms with van der Waals surface area (Å²) in [5, 5.41) is 12.3. The van der Waals surface area contributed by atoms with E-state index in [0.717, 1.165) is 11.3 Å². The van der Waals surface area contributed by atoms with Crippen molar-refractivity contribution in [3.05, 3.63) is 23.7 Å². The van der Waals surface area contributed by atoms with E-state index in [0.29, 0.717) is 6.54 Å². The molecule has 0 saturated carbocycles. The highest BCUT2D eigenvalue weighted by Gasteiger charge is 2.11. The summed E-state index contributed by atoms with van der Waals surface area (Å²) in [4.78, 5) is 0. The second kappa shape index (κ2) is 4.44. The molecule has 0 bridgehead atoms. The number of aliphatic hydroxyl groups excluding tert-OH is 1. The Morgan fingerprint density at radius 1 is 1.54 bits per heavy atom. The fraction of sp³-hybridized carbons (Fsp3) is 0.600. The van der Waals surface area contributed by atoms with Gasteiger partial charge in [0, 0.05) is 6.54 Å². The molecule has 1 heterocycles. The van der Waals surface area contributed by atoms with Crippen LogP contribution in [0.1, 0.15) is 31.2 Å². The minimum atomic E-state index is -0.322. The van der Waals surface area contributed by atoms with Crippen LogP contribution >= 0.6 is 0 Å². The van der Waals surface area contributed by atoms with Gasteiger partial charge < -0.3 is 14.8 Å². The van der Waals surface area contributed by atoms with Gasteiger partial charge in [-0.1, -0.05) is 0 Å². The van der Waals surface area contributed by atoms with Gasteiger partial charge in [-0.15, -0.1) is 0 Å². The monoisotopic (exact) mass is 183 g/mol. The van der Waals surface area contributed by atoms with E-state index in [1.54, 1.807) is 13.2 Å². The fourth-order valence-corrected chi connectivity index (χ4v) is 1.27. The van der Waals surface area contributed by atoms with Crippen LogP contribution in [0.4, 0.5) is 0 Å². The molecule has 74 valence electrons. The highest BCUT2D eigenvalue weighted by atomic mass is 16.3. The molecule has 2 N–H and O–H groups in total. The summed E-state index contributed by atoms with van der Waals surface area (Å²) in [7, 11) is 0. The molecule has 2 atom stereocenters. The van der Waals surface area contributed by atoms with Crippen LogP contribution in [0.15, 0.2) is 16.7 Å². The summed E-state index contributed by atoms with van der Waals surface area (Å²) < 4.78 is 5.31. The van der Waals surface area contributed by atoms with Gasteiger partial charge in [0.05, 0.1) is 18.4 Å². The number of nitrogens with one attached hydrogen (secondary N) is 1. The SMILES string of the molecule is Cc1ccoc1C(C)NC[C@H](C)O. The Hall–Kier alpha value is -0.800. The molecule has 0 amide bonds. The van der Waals surface area contributed by atoms with Crippen LogP contribution in [0.5, 0.6) is 0 Å². The van der Waals surface area contributed by atoms with Gasteiger partial charge in [-0.3, -0.25) is 0 Å². The minimum absolute atomic E-state index is 0.157. The summed E-state index contributed by atoms with van der Waals surface area (Å²) >= 11 is 0. The minimum Gasteiger partial charge on any atom is -0.467 e. The maximum atomic E-state index is 9.07. The zero-order valence-electron chi connectivity index (χ0n) is 8.37. The van der Waals surface area contributed by atoms with Gasteiger partial charge in [-0.05, 0) is 32.4 Å². The molecule has 0 aliphatic heterocycles. The highest BCUT2D eigenvalue weighted by molar-refractivity contribution is 5.17. The predicted molar refractivity (Wildman–Crippen MR) is 51.5 cm³/mol. The molecule has 0 spiro atoms. The summed E-state index contributed by atoms with van der Waals surface area (Å²) in [6.07, 6.45) is 1.36. The molecule has 1 unspecified atom stereocenters. The summed E-state index contributed by atoms with van der Waals surface area (Å²) in [6, 6.07) is 2.10. The zero-order valence-corrected chi connectivity index (χ0v) is 8.37. The third-order valence-electron chi connectivity index (χ3n) is 2.01. The maximum absolute atomic E-state index is 9.07. The van der Waals surface area contributed by atoms with Crippen molar-refractivity contribution < 1.29 is 9.52 Å². The van der Waals surface area contributed by atoms with E-state index in [9.17, 15) is 0 Å². The Morgan fingerprint density at radius 3 is 2.69 bits per heavy atom. The molecule has 0 aliphatic rings. The van der Waals surface area contributed by atoms with Gasteiger partial charge in [0.1, 0.15) is 5.76 Å². The molecule has 1 aromatic rings. The van der Waals surface area contributed by atoms with Crippen LogP contribution in [0.2, 0.25) is 0 Å². The summed E-state index contributed by atoms with van der Waals surface area (Å²) in [5.41, 5.74) is 1.14. The third-order valence-corrected chi connectivity index (χ3v) is 2.01. The highest BCUT2D eigenvalue weighted by Crippen LogP contribution is 2.17. The van der Waals surface area contributed by atoms with E-state index < -0.39 is 0 Å². The molecule has 13 heavy (non-hydrogen) atoms. The van der Waals surface area contributed by atoms with Gasteiger partial charge in [0.2, 0.25) is 0 Å². The average molecular weight is 183 g/mol. The van der Waals surface area contributed by atoms with Crippen molar-refractivity contribution in [2.24, 2.45) is 0 Å². The summed E-state index contributed by atoms with van der Waals surface area (Å²) in [6.45, 7) is 6.38. The third kappa shape index (κ3) is 2.86. The van der Waals surface area contributed by atoms with Crippen molar-refractivity contribution in [1.82, 2.24) is 5.32 Å². The molecule has 3 heteroatoms. The quantitative estimate of drug-likeness (QED) is 0.745. The first-order valence-corrected chi connectivity index (χ1v) is 4.56. The van der Waals surface area contributed by atoms with Crippen LogP contribution in [-0.4, -0.2) is 17.8 Å². The average Bonchev–Trinajstić information content (AvgIpc) is 2.47. The molecule has 0 fully saturated rings. The molecule has 1 aromatic heterocycles. The second-order valence-electron chi connectivity index (χ2n) is 3.45. The first kappa shape index (κ1) is 10.3. The van der Waals surface area contributed by atoms with Crippen molar-refractivity contribution in [1.29, 1.82) is 0 Å². The van der Waals surface area contributed by atoms with Gasteiger partial charge in [0.15, 0.2) is 0 Å². The Labute approximate surface area is 78.8 Å². The van der Waals surface area contributed by atoms with Crippen molar-refractivity contribution >= 4 is 0 Å². The molecule has 0 radical (unpaired) electrons. The van der Waals surface area contributed by atoms with Gasteiger partial charge in [-0.2, -0.15) is 0 Å². The lowest BCUT2D eigenvalue weighted by molar-refractivity contribution is 0.185. The molecular weight excluding hydrogens is 166 g/mol. The Bertz CT molecular complexity index is 255. The lowest BCUT2D eigenvalue weighted by Crippen LogP contribution is -2.27. The number of furan rings is 1. The first-order valence-electron chi connectivity index (χ1n) is 4.56. The van der Waals surface area contributed by atoms with Crippen LogP contribution in [-0.2, 0) is 0 Å². The van der Waals surface area contributed by atoms with Gasteiger partial charge in [0.25, 0.3) is 0 Å². The largest absolute Gasteiger partial charge is 0.467 e. The topological polar surface area (TPSA) is 45.4 Å². The van der Waals surface area contributed by atoms with Crippen LogP contribution in [0, 0.1) is 6.92 Å². The molecule has 1 rings (SSSR count). The number of hydrogen-bond acceptors (Lipinski definition) is 3. The Morgan fingerprint density at radius 2 is 2.23 bits per heavy atom. The molecule has 0 saturated heterocycles. The van der Waals surface area contributed by atoms with Crippen molar-refractivity contribution in [2.75, 3.05) is 6.54 Å². The zero-order chi connectivity index (χ0) is 9.84. The number of hydrogen-bond donors (Lipinski definition) is 2. The van der Waals surface area contributed by atoms with Gasteiger partial charge in [-0.25, -0.2) is 0 Å². The van der Waals surface area contributed by atoms with Crippen molar-refractivity contribution in [3.63, 3.8) is 0 Å². The number of rotatable bonds is 4. The Kier molecular flexibility index (Phi) is 3.51. The van der Waals surface area contributed by atoms with Crippen LogP contribution in [0.3, 0.4) is 0 Å². The molecular formula is C10H17NO2. The molecule has 0 aliphatic carbocycles. The standard InChI is InChI=1S/C10H17NO2/c1-7-4-5-13-10(7)9(3)11-6-8(2)12/h4-5,8-9,11-12H,6H2,1-3H3/t8-,9?/m0/s1. The van der Waals surface area contributed by atoms with E-state index in [1.165, 1.54) is 0 Å². The normalized spacial score (nSPS) is 15.7. The van der Waals surface area contributed by atoms with Gasteiger partial charge >= 0.3 is 0 Å². The lowest BCUT2D eigenvalue weighted by Gasteiger charge is -2.13. The molecule has 3 nitrogen and oxygen atoms in total. The van der Waals surface area contributed by atoms with Crippen molar-refractivity contribution in [3.8, 4) is 0 Å². The Balaban J connectivity index is 2.49. The number of aliphatic hydroxyl groups is 1. The van der Waals surface area contributed by atoms with Crippen LogP contribution in [0.25, 0.3) is 0 Å². The van der Waals surface area contributed by atoms with Crippen molar-refractivity contribution in [2.45, 2.75) is 32.9 Å². The smallest absolute Gasteiger partial charge is 0.123 e. The lowest BCUT2D eigenvalue weighted by atomic mass is 10.2. The fourth-order valence-electron chi connectivity index (χ4n) is 1.27. The predicted octanol–water partition coefficient (Wildman–Crippen LogP) is 1.62. The van der Waals surface area contributed by atoms with E-state index in [4.69, 9.17) is 9.52 Å². The first-order chi connectivity index (χ1) is 6.11. The van der Waals surface area contributed by atoms with E-state index in [2.05, 4.69) is 5.32 Å². The van der Waals surface area contributed by atoms with E-state index >= 15 is 0 Å². The van der Waals surface area contributed by atoms with Crippen LogP contribution < -0.4 is 5.32 Å². The second-order valence-corrected chi connectivity index (χ2v) is 3.45. The maximum Gasteiger partial charge on any atom is 0.123 e. The molecule has 0 aromatic carbocycles. The van der Waals surface area contributed by atoms with E-state index in [-0.39, 0.29) is 12.1 Å². The summed E-state index contributed by atoms with van der Waals surface area (Å²) in [5.74, 6) is 0.945. The number of aryl methyl sites for hydroxylation is 1. The van der Waals surface area contributed by atoms with E-state index in [1.807, 2.05) is 19.9 Å².